The highest BCUT2D eigenvalue weighted by molar-refractivity contribution is 5.92. The summed E-state index contributed by atoms with van der Waals surface area (Å²) in [4.78, 5) is 12.6. The number of benzene rings is 1. The number of carbonyl (C=O) groups is 1. The number of hydrogen-bond acceptors (Lipinski definition) is 3. The highest BCUT2D eigenvalue weighted by Crippen LogP contribution is 2.42. The second-order valence-electron chi connectivity index (χ2n) is 7.38. The topological polar surface area (TPSA) is 64.3 Å². The molecule has 0 spiro atoms. The standard InChI is InChI=1S/C19H28N2O2/c1-12(2)23-17-8-6-16(7-9-17)21-19(22)15-10-13-4-3-5-14(11-15)18(13)20/h6-9,12-15,18H,3-5,10-11,20H2,1-2H3,(H,21,22). The largest absolute Gasteiger partial charge is 0.491 e. The second kappa shape index (κ2) is 6.91. The van der Waals surface area contributed by atoms with Gasteiger partial charge in [0.25, 0.3) is 0 Å². The molecule has 0 heterocycles. The third kappa shape index (κ3) is 3.86. The molecule has 2 atom stereocenters. The van der Waals surface area contributed by atoms with E-state index in [0.717, 1.165) is 24.3 Å². The van der Waals surface area contributed by atoms with Crippen molar-refractivity contribution < 1.29 is 9.53 Å². The molecule has 2 fully saturated rings. The van der Waals surface area contributed by atoms with Gasteiger partial charge in [-0.15, -0.1) is 0 Å². The Hall–Kier alpha value is -1.55. The smallest absolute Gasteiger partial charge is 0.227 e. The molecule has 2 bridgehead atoms. The molecular weight excluding hydrogens is 288 g/mol. The van der Waals surface area contributed by atoms with Crippen LogP contribution in [-0.4, -0.2) is 18.1 Å². The van der Waals surface area contributed by atoms with Crippen LogP contribution in [0.25, 0.3) is 0 Å². The molecule has 1 amide bonds. The summed E-state index contributed by atoms with van der Waals surface area (Å²) in [5.41, 5.74) is 7.15. The first-order valence-electron chi connectivity index (χ1n) is 8.86. The molecule has 2 unspecified atom stereocenters. The van der Waals surface area contributed by atoms with Crippen molar-refractivity contribution in [3.05, 3.63) is 24.3 Å². The van der Waals surface area contributed by atoms with Gasteiger partial charge in [0, 0.05) is 17.6 Å². The number of anilines is 1. The molecule has 4 heteroatoms. The highest BCUT2D eigenvalue weighted by Gasteiger charge is 2.40. The molecule has 1 aromatic rings. The van der Waals surface area contributed by atoms with Gasteiger partial charge in [0.05, 0.1) is 6.10 Å². The predicted molar refractivity (Wildman–Crippen MR) is 92.4 cm³/mol. The molecular formula is C19H28N2O2. The van der Waals surface area contributed by atoms with Gasteiger partial charge in [0.2, 0.25) is 5.91 Å². The monoisotopic (exact) mass is 316 g/mol. The summed E-state index contributed by atoms with van der Waals surface area (Å²) in [6.07, 6.45) is 5.68. The minimum atomic E-state index is 0.108. The molecule has 2 aliphatic carbocycles. The fourth-order valence-electron chi connectivity index (χ4n) is 4.14. The van der Waals surface area contributed by atoms with Crippen molar-refractivity contribution in [2.75, 3.05) is 5.32 Å². The van der Waals surface area contributed by atoms with Gasteiger partial charge in [-0.25, -0.2) is 0 Å². The summed E-state index contributed by atoms with van der Waals surface area (Å²) >= 11 is 0. The van der Waals surface area contributed by atoms with Crippen LogP contribution >= 0.6 is 0 Å². The molecule has 1 aromatic carbocycles. The van der Waals surface area contributed by atoms with E-state index >= 15 is 0 Å². The predicted octanol–water partition coefficient (Wildman–Crippen LogP) is 3.57. The van der Waals surface area contributed by atoms with Crippen LogP contribution in [0.15, 0.2) is 24.3 Å². The van der Waals surface area contributed by atoms with Crippen molar-refractivity contribution in [1.82, 2.24) is 0 Å². The Morgan fingerprint density at radius 2 is 1.78 bits per heavy atom. The summed E-state index contributed by atoms with van der Waals surface area (Å²) in [5, 5.41) is 3.06. The molecule has 0 saturated heterocycles. The zero-order chi connectivity index (χ0) is 16.4. The van der Waals surface area contributed by atoms with Crippen molar-refractivity contribution in [3.8, 4) is 5.75 Å². The fraction of sp³-hybridized carbons (Fsp3) is 0.632. The summed E-state index contributed by atoms with van der Waals surface area (Å²) < 4.78 is 5.63. The molecule has 23 heavy (non-hydrogen) atoms. The van der Waals surface area contributed by atoms with Crippen LogP contribution in [0.3, 0.4) is 0 Å². The van der Waals surface area contributed by atoms with Crippen LogP contribution in [0.4, 0.5) is 5.69 Å². The molecule has 4 nitrogen and oxygen atoms in total. The van der Waals surface area contributed by atoms with E-state index in [2.05, 4.69) is 5.32 Å². The van der Waals surface area contributed by atoms with Crippen molar-refractivity contribution in [2.24, 2.45) is 23.5 Å². The molecule has 0 aliphatic heterocycles. The first-order chi connectivity index (χ1) is 11.0. The van der Waals surface area contributed by atoms with Crippen LogP contribution in [-0.2, 0) is 4.79 Å². The lowest BCUT2D eigenvalue weighted by Crippen LogP contribution is -2.48. The van der Waals surface area contributed by atoms with Crippen LogP contribution in [0.1, 0.15) is 46.0 Å². The Morgan fingerprint density at radius 1 is 1.17 bits per heavy atom. The van der Waals surface area contributed by atoms with Gasteiger partial charge in [-0.05, 0) is 75.6 Å². The number of nitrogens with one attached hydrogen (secondary N) is 1. The van der Waals surface area contributed by atoms with Crippen LogP contribution in [0, 0.1) is 17.8 Å². The Morgan fingerprint density at radius 3 is 2.35 bits per heavy atom. The summed E-state index contributed by atoms with van der Waals surface area (Å²) in [5.74, 6) is 2.14. The van der Waals surface area contributed by atoms with E-state index in [1.807, 2.05) is 38.1 Å². The Bertz CT molecular complexity index is 527. The maximum absolute atomic E-state index is 12.6. The minimum Gasteiger partial charge on any atom is -0.491 e. The van der Waals surface area contributed by atoms with E-state index in [4.69, 9.17) is 10.5 Å². The maximum Gasteiger partial charge on any atom is 0.227 e. The molecule has 3 rings (SSSR count). The first-order valence-corrected chi connectivity index (χ1v) is 8.86. The SMILES string of the molecule is CC(C)Oc1ccc(NC(=O)C2CC3CCCC(C2)C3N)cc1. The average Bonchev–Trinajstić information content (AvgIpc) is 2.48. The lowest BCUT2D eigenvalue weighted by atomic mass is 9.65. The fourth-order valence-corrected chi connectivity index (χ4v) is 4.14. The number of rotatable bonds is 4. The molecule has 2 saturated carbocycles. The normalized spacial score (nSPS) is 30.1. The summed E-state index contributed by atoms with van der Waals surface area (Å²) in [6, 6.07) is 7.93. The first kappa shape index (κ1) is 16.3. The minimum absolute atomic E-state index is 0.108. The molecule has 2 aliphatic rings. The van der Waals surface area contributed by atoms with Crippen molar-refractivity contribution in [3.63, 3.8) is 0 Å². The second-order valence-corrected chi connectivity index (χ2v) is 7.38. The van der Waals surface area contributed by atoms with E-state index in [-0.39, 0.29) is 17.9 Å². The number of ether oxygens (including phenoxy) is 1. The third-order valence-electron chi connectivity index (χ3n) is 5.28. The number of nitrogens with two attached hydrogens (primary N) is 1. The molecule has 3 N–H and O–H groups in total. The zero-order valence-corrected chi connectivity index (χ0v) is 14.1. The van der Waals surface area contributed by atoms with Gasteiger partial charge >= 0.3 is 0 Å². The van der Waals surface area contributed by atoms with Gasteiger partial charge < -0.3 is 15.8 Å². The van der Waals surface area contributed by atoms with E-state index in [0.29, 0.717) is 17.9 Å². The lowest BCUT2D eigenvalue weighted by Gasteiger charge is -2.43. The van der Waals surface area contributed by atoms with E-state index < -0.39 is 0 Å². The number of carbonyl (C=O) groups excluding carboxylic acids is 1. The average molecular weight is 316 g/mol. The lowest BCUT2D eigenvalue weighted by molar-refractivity contribution is -0.122. The number of amides is 1. The van der Waals surface area contributed by atoms with Crippen molar-refractivity contribution >= 4 is 11.6 Å². The molecule has 126 valence electrons. The van der Waals surface area contributed by atoms with Gasteiger partial charge in [-0.2, -0.15) is 0 Å². The summed E-state index contributed by atoms with van der Waals surface area (Å²) in [6.45, 7) is 4.00. The van der Waals surface area contributed by atoms with E-state index in [1.165, 1.54) is 19.3 Å². The quantitative estimate of drug-likeness (QED) is 0.892. The van der Waals surface area contributed by atoms with Gasteiger partial charge in [0.1, 0.15) is 5.75 Å². The zero-order valence-electron chi connectivity index (χ0n) is 14.1. The van der Waals surface area contributed by atoms with Crippen molar-refractivity contribution in [1.29, 1.82) is 0 Å². The van der Waals surface area contributed by atoms with Gasteiger partial charge in [0.15, 0.2) is 0 Å². The summed E-state index contributed by atoms with van der Waals surface area (Å²) in [7, 11) is 0. The van der Waals surface area contributed by atoms with Crippen molar-refractivity contribution in [2.45, 2.75) is 58.1 Å². The van der Waals surface area contributed by atoms with Gasteiger partial charge in [-0.1, -0.05) is 6.42 Å². The Balaban J connectivity index is 1.59. The third-order valence-corrected chi connectivity index (χ3v) is 5.28. The van der Waals surface area contributed by atoms with Crippen LogP contribution in [0.5, 0.6) is 5.75 Å². The highest BCUT2D eigenvalue weighted by atomic mass is 16.5. The van der Waals surface area contributed by atoms with Gasteiger partial charge in [-0.3, -0.25) is 4.79 Å². The number of fused-ring (bicyclic) bond motifs is 2. The van der Waals surface area contributed by atoms with E-state index in [1.54, 1.807) is 0 Å². The molecule has 0 radical (unpaired) electrons. The Labute approximate surface area is 138 Å². The molecule has 0 aromatic heterocycles. The number of hydrogen-bond donors (Lipinski definition) is 2. The van der Waals surface area contributed by atoms with Crippen LogP contribution < -0.4 is 15.8 Å². The van der Waals surface area contributed by atoms with Crippen LogP contribution in [0.2, 0.25) is 0 Å². The Kier molecular flexibility index (Phi) is 4.90. The van der Waals surface area contributed by atoms with E-state index in [9.17, 15) is 4.79 Å². The maximum atomic E-state index is 12.6.